The molecular weight excluding hydrogens is 1020 g/mol. The minimum Gasteiger partial charge on any atom is -0.494 e. The van der Waals surface area contributed by atoms with Crippen molar-refractivity contribution in [1.29, 1.82) is 0 Å². The van der Waals surface area contributed by atoms with Crippen LogP contribution in [0.4, 0.5) is 14.4 Å². The van der Waals surface area contributed by atoms with Crippen LogP contribution in [0.2, 0.25) is 5.82 Å². The van der Waals surface area contributed by atoms with Gasteiger partial charge in [-0.15, -0.1) is 0 Å². The zero-order valence-corrected chi connectivity index (χ0v) is 41.1. The Hall–Kier alpha value is -5.77. The van der Waals surface area contributed by atoms with E-state index in [-0.39, 0.29) is 48.1 Å². The first-order chi connectivity index (χ1) is 33.9. The number of ether oxygens (including phenoxy) is 4. The van der Waals surface area contributed by atoms with Gasteiger partial charge in [-0.05, 0) is 74.0 Å². The molecule has 32 heteroatoms. The molecule has 4 aliphatic rings. The van der Waals surface area contributed by atoms with Gasteiger partial charge in [0.05, 0.1) is 37.0 Å². The summed E-state index contributed by atoms with van der Waals surface area (Å²) in [5, 5.41) is 6.79. The number of carbonyl (C=O) groups excluding carboxylic acids is 1. The normalized spacial score (nSPS) is 22.6. The van der Waals surface area contributed by atoms with Crippen molar-refractivity contribution >= 4 is 47.8 Å². The van der Waals surface area contributed by atoms with E-state index in [0.29, 0.717) is 49.1 Å². The molecule has 0 saturated carbocycles. The molecule has 1 aromatic heterocycles. The molecule has 0 amide bonds. The van der Waals surface area contributed by atoms with Gasteiger partial charge in [-0.25, -0.2) is 23.3 Å². The summed E-state index contributed by atoms with van der Waals surface area (Å²) in [4.78, 5) is 72.0. The number of hydrogen-bond acceptors (Lipinski definition) is 16. The summed E-state index contributed by atoms with van der Waals surface area (Å²) >= 11 is 0. The van der Waals surface area contributed by atoms with E-state index < -0.39 is 86.2 Å². The molecule has 7 atom stereocenters. The van der Waals surface area contributed by atoms with Crippen LogP contribution in [0.25, 0.3) is 20.9 Å². The predicted octanol–water partition coefficient (Wildman–Crippen LogP) is 6.94. The first-order valence-corrected chi connectivity index (χ1v) is 26.2. The van der Waals surface area contributed by atoms with E-state index in [0.717, 1.165) is 27.5 Å². The number of phosphoric ester groups is 1. The van der Waals surface area contributed by atoms with Crippen LogP contribution in [0.5, 0.6) is 5.75 Å². The van der Waals surface area contributed by atoms with Crippen molar-refractivity contribution in [3.8, 4) is 17.6 Å². The molecule has 386 valence electrons. The second-order valence-electron chi connectivity index (χ2n) is 16.6. The standard InChI is InChI=1S/C40H48BF2N10O16P3/c1-24(8-9-29-10-11-30-18-33-25(2)16-26(3)37(33)41(42,43)53(29)30)6-4-14-63-31-12-13-32(28(17-31)20-47-50-45)39(54)64-15-5-7-27-21-52(40(55)49-38(27)44)36-19-34(65-23-48-51-46)35(67-36)22-66-71(59,60)69-72(61,62)68-70(56,57)58/h10-13,16-17,21,30,34-37H,1,4,6,8-9,14-15,18-20,22-23H2,2-3H3,(H,59,60)(H,61,62)(H2,44,49,55)(H2,56,57,58)/t30?,34?,35-,36-,37?/m1/s1. The van der Waals surface area contributed by atoms with Crippen molar-refractivity contribution in [3.63, 3.8) is 0 Å². The van der Waals surface area contributed by atoms with Crippen LogP contribution < -0.4 is 16.2 Å². The number of halogens is 2. The average Bonchev–Trinajstić information content (AvgIpc) is 3.98. The van der Waals surface area contributed by atoms with Crippen LogP contribution in [0.15, 0.2) is 86.5 Å². The Labute approximate surface area is 408 Å². The fraction of sp³-hybridized carbons (Fsp3) is 0.450. The second kappa shape index (κ2) is 23.4. The highest BCUT2D eigenvalue weighted by atomic mass is 31.3. The summed E-state index contributed by atoms with van der Waals surface area (Å²) in [6.07, 6.45) is 5.31. The zero-order chi connectivity index (χ0) is 52.6. The number of nitrogen functional groups attached to an aromatic ring is 1. The number of benzene rings is 1. The Balaban J connectivity index is 1.02. The maximum absolute atomic E-state index is 15.9. The lowest BCUT2D eigenvalue weighted by atomic mass is 9.54. The lowest BCUT2D eigenvalue weighted by Gasteiger charge is -2.39. The average molecular weight is 1070 g/mol. The number of nitrogens with zero attached hydrogens (tertiary/aromatic N) is 9. The molecule has 0 radical (unpaired) electrons. The SMILES string of the molecule is C=C(CCCOc1ccc(C(=O)OCC#Cc2cn([C@H]3CC(OCN=[N+]=[N-])[C@@H](COP(=O)(O)OP(=O)(O)OP(=O)(O)O)O3)c(=O)nc2N)c(CN=[N+]=[N-])c1)CCC1=[N+]2C(C=C1)CC1=C(C)C=C(C)C1[B-]2(F)F. The summed E-state index contributed by atoms with van der Waals surface area (Å²) in [5.41, 5.74) is 26.9. The number of fused-ring (bicyclic) bond motifs is 2. The highest BCUT2D eigenvalue weighted by molar-refractivity contribution is 7.66. The first-order valence-electron chi connectivity index (χ1n) is 21.7. The van der Waals surface area contributed by atoms with Crippen molar-refractivity contribution in [1.82, 2.24) is 9.55 Å². The molecule has 6 N–H and O–H groups in total. The van der Waals surface area contributed by atoms with E-state index in [9.17, 15) is 33.1 Å². The summed E-state index contributed by atoms with van der Waals surface area (Å²) in [7, 11) is -17.1. The highest BCUT2D eigenvalue weighted by Gasteiger charge is 2.59. The Morgan fingerprint density at radius 3 is 2.60 bits per heavy atom. The smallest absolute Gasteiger partial charge is 0.494 e. The molecule has 6 rings (SSSR count). The van der Waals surface area contributed by atoms with Gasteiger partial charge in [0.15, 0.2) is 6.61 Å². The van der Waals surface area contributed by atoms with Crippen molar-refractivity contribution < 1.29 is 83.3 Å². The van der Waals surface area contributed by atoms with E-state index in [1.165, 1.54) is 22.7 Å². The third kappa shape index (κ3) is 14.3. The van der Waals surface area contributed by atoms with Gasteiger partial charge in [-0.3, -0.25) is 9.09 Å². The molecule has 4 heterocycles. The summed E-state index contributed by atoms with van der Waals surface area (Å²) < 4.78 is 104. The van der Waals surface area contributed by atoms with Crippen molar-refractivity contribution in [2.45, 2.75) is 89.2 Å². The van der Waals surface area contributed by atoms with E-state index in [4.69, 9.17) is 45.5 Å². The zero-order valence-electron chi connectivity index (χ0n) is 38.4. The fourth-order valence-corrected chi connectivity index (χ4v) is 11.7. The summed E-state index contributed by atoms with van der Waals surface area (Å²) in [6.45, 7) is 1.95. The number of aromatic nitrogens is 2. The number of nitrogens with two attached hydrogens (primary N) is 1. The number of allylic oxidation sites excluding steroid dienone is 5. The van der Waals surface area contributed by atoms with Gasteiger partial charge in [0.1, 0.15) is 42.4 Å². The molecule has 3 aliphatic heterocycles. The fourth-order valence-electron chi connectivity index (χ4n) is 8.70. The minimum absolute atomic E-state index is 0.0422. The van der Waals surface area contributed by atoms with Crippen molar-refractivity contribution in [2.75, 3.05) is 32.3 Å². The molecule has 1 aromatic carbocycles. The third-order valence-electron chi connectivity index (χ3n) is 11.7. The van der Waals surface area contributed by atoms with Gasteiger partial charge in [0.25, 0.3) is 0 Å². The molecule has 2 fully saturated rings. The molecule has 0 bridgehead atoms. The van der Waals surface area contributed by atoms with Crippen LogP contribution in [0.3, 0.4) is 0 Å². The Kier molecular flexibility index (Phi) is 18.1. The topological polar surface area (TPSA) is 375 Å². The minimum atomic E-state index is -5.84. The van der Waals surface area contributed by atoms with Crippen LogP contribution in [-0.4, -0.2) is 96.9 Å². The Bertz CT molecular complexity index is 3000. The monoisotopic (exact) mass is 1070 g/mol. The Morgan fingerprint density at radius 1 is 1.12 bits per heavy atom. The van der Waals surface area contributed by atoms with E-state index in [2.05, 4.69) is 56.6 Å². The maximum atomic E-state index is 15.9. The number of anilines is 1. The van der Waals surface area contributed by atoms with Gasteiger partial charge in [0.2, 0.25) is 0 Å². The van der Waals surface area contributed by atoms with Gasteiger partial charge in [0, 0.05) is 47.2 Å². The molecule has 5 unspecified atom stereocenters. The number of phosphoric acid groups is 3. The number of carbonyl (C=O) groups is 1. The number of hydrogen-bond donors (Lipinski definition) is 5. The molecule has 1 aliphatic carbocycles. The van der Waals surface area contributed by atoms with Gasteiger partial charge in [-0.2, -0.15) is 13.6 Å². The molecule has 0 spiro atoms. The van der Waals surface area contributed by atoms with Crippen LogP contribution >= 0.6 is 23.5 Å². The second-order valence-corrected chi connectivity index (χ2v) is 21.0. The molecule has 2 aromatic rings. The van der Waals surface area contributed by atoms with E-state index in [1.807, 2.05) is 25.2 Å². The number of azide groups is 2. The quantitative estimate of drug-likeness (QED) is 0.00865. The molecular formula is C40H48BF2N10O16P3. The third-order valence-corrected chi connectivity index (χ3v) is 15.5. The summed E-state index contributed by atoms with van der Waals surface area (Å²) in [5.74, 6) is 3.54. The van der Waals surface area contributed by atoms with Crippen molar-refractivity contribution in [2.24, 2.45) is 10.2 Å². The van der Waals surface area contributed by atoms with Crippen LogP contribution in [0.1, 0.15) is 80.1 Å². The highest BCUT2D eigenvalue weighted by Crippen LogP contribution is 2.66. The maximum Gasteiger partial charge on any atom is 0.619 e. The Morgan fingerprint density at radius 2 is 1.88 bits per heavy atom. The van der Waals surface area contributed by atoms with E-state index in [1.54, 1.807) is 6.92 Å². The van der Waals surface area contributed by atoms with Gasteiger partial charge < -0.3 is 57.4 Å². The predicted molar refractivity (Wildman–Crippen MR) is 251 cm³/mol. The lowest BCUT2D eigenvalue weighted by molar-refractivity contribution is -0.455. The first kappa shape index (κ1) is 55.5. The van der Waals surface area contributed by atoms with Crippen LogP contribution in [-0.2, 0) is 47.6 Å². The molecule has 26 nitrogen and oxygen atoms in total. The molecule has 72 heavy (non-hydrogen) atoms. The van der Waals surface area contributed by atoms with Gasteiger partial charge >= 0.3 is 42.0 Å². The van der Waals surface area contributed by atoms with E-state index >= 15 is 8.63 Å². The van der Waals surface area contributed by atoms with Crippen molar-refractivity contribution in [3.05, 3.63) is 120 Å². The number of esters is 1. The summed E-state index contributed by atoms with van der Waals surface area (Å²) in [6, 6.07) is 4.11. The lowest BCUT2D eigenvalue weighted by Crippen LogP contribution is -2.53. The van der Waals surface area contributed by atoms with Gasteiger partial charge in [-0.1, -0.05) is 57.0 Å². The molecule has 2 saturated heterocycles. The number of rotatable bonds is 23. The largest absolute Gasteiger partial charge is 0.619 e. The van der Waals surface area contributed by atoms with Crippen LogP contribution in [0, 0.1) is 11.8 Å².